The maximum atomic E-state index is 13.2. The SMILES string of the molecule is O=S(=O)(c1sc(Cl)cc1Br)N1CN(C2=CCNCC2)c2ccccc21. The molecule has 0 radical (unpaired) electrons. The third-order valence-electron chi connectivity index (χ3n) is 4.25. The first-order chi connectivity index (χ1) is 12.0. The van der Waals surface area contributed by atoms with E-state index in [1.807, 2.05) is 24.3 Å². The van der Waals surface area contributed by atoms with Crippen LogP contribution in [0.15, 0.2) is 50.8 Å². The molecule has 1 aromatic heterocycles. The fourth-order valence-electron chi connectivity index (χ4n) is 3.09. The van der Waals surface area contributed by atoms with Gasteiger partial charge in [0, 0.05) is 18.8 Å². The Balaban J connectivity index is 1.79. The molecule has 3 heterocycles. The molecule has 0 saturated heterocycles. The van der Waals surface area contributed by atoms with E-state index in [1.54, 1.807) is 6.07 Å². The quantitative estimate of drug-likeness (QED) is 0.752. The lowest BCUT2D eigenvalue weighted by atomic mass is 10.2. The summed E-state index contributed by atoms with van der Waals surface area (Å²) in [5.41, 5.74) is 2.75. The number of benzene rings is 1. The lowest BCUT2D eigenvalue weighted by molar-refractivity contribution is 0.593. The normalized spacial score (nSPS) is 17.6. The van der Waals surface area contributed by atoms with Gasteiger partial charge < -0.3 is 10.2 Å². The molecule has 2 aromatic rings. The first-order valence-electron chi connectivity index (χ1n) is 7.72. The van der Waals surface area contributed by atoms with Gasteiger partial charge in [0.05, 0.1) is 20.2 Å². The van der Waals surface area contributed by atoms with E-state index in [-0.39, 0.29) is 10.9 Å². The summed E-state index contributed by atoms with van der Waals surface area (Å²) in [6, 6.07) is 9.22. The van der Waals surface area contributed by atoms with Gasteiger partial charge in [-0.05, 0) is 40.5 Å². The van der Waals surface area contributed by atoms with Gasteiger partial charge in [-0.25, -0.2) is 12.7 Å². The third kappa shape index (κ3) is 3.00. The van der Waals surface area contributed by atoms with E-state index in [0.717, 1.165) is 42.2 Å². The van der Waals surface area contributed by atoms with Crippen molar-refractivity contribution >= 4 is 60.3 Å². The minimum absolute atomic E-state index is 0.230. The van der Waals surface area contributed by atoms with Crippen LogP contribution < -0.4 is 14.5 Å². The number of para-hydroxylation sites is 2. The molecular formula is C16H15BrClN3O2S2. The van der Waals surface area contributed by atoms with Gasteiger partial charge in [-0.2, -0.15) is 0 Å². The van der Waals surface area contributed by atoms with Gasteiger partial charge in [0.25, 0.3) is 10.0 Å². The number of anilines is 2. The molecule has 25 heavy (non-hydrogen) atoms. The van der Waals surface area contributed by atoms with Crippen molar-refractivity contribution in [2.75, 3.05) is 29.0 Å². The van der Waals surface area contributed by atoms with Crippen molar-refractivity contribution in [3.8, 4) is 0 Å². The number of rotatable bonds is 3. The number of halogens is 2. The summed E-state index contributed by atoms with van der Waals surface area (Å²) in [6.45, 7) is 1.96. The van der Waals surface area contributed by atoms with Crippen molar-refractivity contribution in [1.82, 2.24) is 5.32 Å². The van der Waals surface area contributed by atoms with Crippen molar-refractivity contribution in [2.24, 2.45) is 0 Å². The Bertz CT molecular complexity index is 958. The van der Waals surface area contributed by atoms with Crippen LogP contribution in [0.1, 0.15) is 6.42 Å². The van der Waals surface area contributed by atoms with Crippen LogP contribution in [-0.2, 0) is 10.0 Å². The monoisotopic (exact) mass is 459 g/mol. The standard InChI is InChI=1S/C16H15BrClN3O2S2/c17-12-9-15(18)24-16(12)25(22,23)21-10-20(11-5-7-19-8-6-11)13-3-1-2-4-14(13)21/h1-5,9,19H,6-8,10H2. The van der Waals surface area contributed by atoms with E-state index in [1.165, 1.54) is 4.31 Å². The van der Waals surface area contributed by atoms with Crippen LogP contribution in [0, 0.1) is 0 Å². The lowest BCUT2D eigenvalue weighted by Gasteiger charge is -2.26. The second-order valence-electron chi connectivity index (χ2n) is 5.75. The zero-order chi connectivity index (χ0) is 17.6. The Hall–Kier alpha value is -1.06. The Labute approximate surface area is 164 Å². The molecule has 0 fully saturated rings. The molecule has 0 aliphatic carbocycles. The molecule has 132 valence electrons. The highest BCUT2D eigenvalue weighted by Crippen LogP contribution is 2.44. The van der Waals surface area contributed by atoms with E-state index in [4.69, 9.17) is 11.6 Å². The minimum atomic E-state index is -3.70. The average Bonchev–Trinajstić information content (AvgIpc) is 3.16. The number of fused-ring (bicyclic) bond motifs is 1. The number of nitrogens with one attached hydrogen (secondary N) is 1. The first kappa shape index (κ1) is 17.4. The van der Waals surface area contributed by atoms with Crippen LogP contribution >= 0.6 is 38.9 Å². The van der Waals surface area contributed by atoms with Crippen LogP contribution in [0.4, 0.5) is 11.4 Å². The average molecular weight is 461 g/mol. The number of hydrogen-bond acceptors (Lipinski definition) is 5. The van der Waals surface area contributed by atoms with Crippen LogP contribution in [-0.4, -0.2) is 28.2 Å². The zero-order valence-corrected chi connectivity index (χ0v) is 17.1. The molecular weight excluding hydrogens is 446 g/mol. The molecule has 2 aliphatic rings. The van der Waals surface area contributed by atoms with Crippen LogP contribution in [0.5, 0.6) is 0 Å². The van der Waals surface area contributed by atoms with Gasteiger partial charge in [0.15, 0.2) is 4.21 Å². The predicted molar refractivity (Wildman–Crippen MR) is 106 cm³/mol. The summed E-state index contributed by atoms with van der Waals surface area (Å²) in [5.74, 6) is 0. The van der Waals surface area contributed by atoms with Gasteiger partial charge in [-0.3, -0.25) is 0 Å². The third-order valence-corrected chi connectivity index (χ3v) is 8.92. The maximum Gasteiger partial charge on any atom is 0.276 e. The molecule has 0 saturated carbocycles. The highest BCUT2D eigenvalue weighted by Gasteiger charge is 2.38. The number of nitrogens with zero attached hydrogens (tertiary/aromatic N) is 2. The summed E-state index contributed by atoms with van der Waals surface area (Å²) in [5, 5.41) is 3.29. The van der Waals surface area contributed by atoms with Gasteiger partial charge >= 0.3 is 0 Å². The Kier molecular flexibility index (Phi) is 4.57. The largest absolute Gasteiger partial charge is 0.324 e. The van der Waals surface area contributed by atoms with Crippen LogP contribution in [0.3, 0.4) is 0 Å². The smallest absolute Gasteiger partial charge is 0.276 e. The molecule has 1 N–H and O–H groups in total. The summed E-state index contributed by atoms with van der Waals surface area (Å²) in [7, 11) is -3.70. The molecule has 0 unspecified atom stereocenters. The van der Waals surface area contributed by atoms with E-state index in [2.05, 4.69) is 32.2 Å². The van der Waals surface area contributed by atoms with Gasteiger partial charge in [0.2, 0.25) is 0 Å². The van der Waals surface area contributed by atoms with Crippen molar-refractivity contribution in [2.45, 2.75) is 10.6 Å². The molecule has 0 spiro atoms. The van der Waals surface area contributed by atoms with E-state index < -0.39 is 10.0 Å². The number of hydrogen-bond donors (Lipinski definition) is 1. The van der Waals surface area contributed by atoms with Crippen molar-refractivity contribution in [1.29, 1.82) is 0 Å². The number of thiophene rings is 1. The highest BCUT2D eigenvalue weighted by atomic mass is 79.9. The highest BCUT2D eigenvalue weighted by molar-refractivity contribution is 9.10. The topological polar surface area (TPSA) is 52.7 Å². The maximum absolute atomic E-state index is 13.2. The van der Waals surface area contributed by atoms with Gasteiger partial charge in [-0.1, -0.05) is 29.8 Å². The first-order valence-corrected chi connectivity index (χ1v) is 11.1. The van der Waals surface area contributed by atoms with Gasteiger partial charge in [0.1, 0.15) is 6.67 Å². The van der Waals surface area contributed by atoms with Crippen LogP contribution in [0.2, 0.25) is 4.34 Å². The summed E-state index contributed by atoms with van der Waals surface area (Å²) < 4.78 is 29.1. The predicted octanol–water partition coefficient (Wildman–Crippen LogP) is 4.01. The van der Waals surface area contributed by atoms with E-state index >= 15 is 0 Å². The van der Waals surface area contributed by atoms with Crippen molar-refractivity contribution in [3.05, 3.63) is 50.9 Å². The summed E-state index contributed by atoms with van der Waals surface area (Å²) in [4.78, 5) is 2.08. The molecule has 0 amide bonds. The number of sulfonamides is 1. The molecule has 1 aromatic carbocycles. The second-order valence-corrected chi connectivity index (χ2v) is 10.3. The van der Waals surface area contributed by atoms with Gasteiger partial charge in [-0.15, -0.1) is 11.3 Å². The zero-order valence-electron chi connectivity index (χ0n) is 13.1. The molecule has 4 rings (SSSR count). The Morgan fingerprint density at radius 3 is 2.64 bits per heavy atom. The van der Waals surface area contributed by atoms with Crippen LogP contribution in [0.25, 0.3) is 0 Å². The summed E-state index contributed by atoms with van der Waals surface area (Å²) >= 11 is 10.4. The molecule has 0 atom stereocenters. The fourth-order valence-corrected chi connectivity index (χ4v) is 7.60. The van der Waals surface area contributed by atoms with E-state index in [9.17, 15) is 8.42 Å². The summed E-state index contributed by atoms with van der Waals surface area (Å²) in [6.07, 6.45) is 2.99. The molecule has 5 nitrogen and oxygen atoms in total. The molecule has 9 heteroatoms. The van der Waals surface area contributed by atoms with Crippen molar-refractivity contribution in [3.63, 3.8) is 0 Å². The molecule has 0 bridgehead atoms. The minimum Gasteiger partial charge on any atom is -0.324 e. The molecule has 2 aliphatic heterocycles. The Morgan fingerprint density at radius 2 is 2.00 bits per heavy atom. The van der Waals surface area contributed by atoms with E-state index in [0.29, 0.717) is 14.5 Å². The van der Waals surface area contributed by atoms with Crippen molar-refractivity contribution < 1.29 is 8.42 Å². The fraction of sp³-hybridized carbons (Fsp3) is 0.250. The Morgan fingerprint density at radius 1 is 1.24 bits per heavy atom. The lowest BCUT2D eigenvalue weighted by Crippen LogP contribution is -2.37. The second kappa shape index (κ2) is 6.59.